The maximum absolute atomic E-state index is 12.4. The average Bonchev–Trinajstić information content (AvgIpc) is 3.12. The van der Waals surface area contributed by atoms with Gasteiger partial charge in [-0.2, -0.15) is 0 Å². The van der Waals surface area contributed by atoms with E-state index in [9.17, 15) is 8.42 Å². The lowest BCUT2D eigenvalue weighted by Crippen LogP contribution is -2.30. The monoisotopic (exact) mass is 346 g/mol. The summed E-state index contributed by atoms with van der Waals surface area (Å²) in [5, 5.41) is 0. The molecule has 1 aliphatic carbocycles. The van der Waals surface area contributed by atoms with Gasteiger partial charge in [0.25, 0.3) is 0 Å². The molecule has 19 heavy (non-hydrogen) atoms. The van der Waals surface area contributed by atoms with E-state index in [0.29, 0.717) is 22.3 Å². The lowest BCUT2D eigenvalue weighted by atomic mass is 10.1. The fourth-order valence-electron chi connectivity index (χ4n) is 2.11. The minimum absolute atomic E-state index is 0.179. The molecule has 0 radical (unpaired) electrons. The zero-order valence-electron chi connectivity index (χ0n) is 11.2. The van der Waals surface area contributed by atoms with E-state index >= 15 is 0 Å². The van der Waals surface area contributed by atoms with Gasteiger partial charge in [0.2, 0.25) is 10.0 Å². The van der Waals surface area contributed by atoms with Crippen molar-refractivity contribution in [3.63, 3.8) is 0 Å². The second kappa shape index (κ2) is 5.07. The molecule has 1 fully saturated rings. The van der Waals surface area contributed by atoms with Crippen molar-refractivity contribution >= 4 is 31.6 Å². The predicted molar refractivity (Wildman–Crippen MR) is 80.4 cm³/mol. The van der Waals surface area contributed by atoms with Crippen molar-refractivity contribution in [1.82, 2.24) is 4.72 Å². The summed E-state index contributed by atoms with van der Waals surface area (Å²) in [5.41, 5.74) is 7.07. The van der Waals surface area contributed by atoms with Gasteiger partial charge < -0.3 is 5.73 Å². The topological polar surface area (TPSA) is 72.2 Å². The highest BCUT2D eigenvalue weighted by atomic mass is 79.9. The van der Waals surface area contributed by atoms with Crippen molar-refractivity contribution in [2.24, 2.45) is 5.41 Å². The number of nitrogens with one attached hydrogen (secondary N) is 1. The fourth-order valence-corrected chi connectivity index (χ4v) is 4.19. The number of hydrogen-bond acceptors (Lipinski definition) is 3. The van der Waals surface area contributed by atoms with Crippen LogP contribution >= 0.6 is 15.9 Å². The standard InChI is InChI=1S/C13H19BrN2O2S/c1-3-13(4-5-13)8-16-19(17,18)12-7-10(14)6-11(15)9(12)2/h6-7,16H,3-5,8,15H2,1-2H3. The van der Waals surface area contributed by atoms with E-state index in [1.807, 2.05) is 0 Å². The fraction of sp³-hybridized carbons (Fsp3) is 0.538. The smallest absolute Gasteiger partial charge is 0.240 e. The SMILES string of the molecule is CCC1(CNS(=O)(=O)c2cc(Br)cc(N)c2C)CC1. The Morgan fingerprint density at radius 2 is 2.05 bits per heavy atom. The molecule has 0 bridgehead atoms. The predicted octanol–water partition coefficient (Wildman–Crippen LogP) is 2.81. The summed E-state index contributed by atoms with van der Waals surface area (Å²) in [6.45, 7) is 4.34. The molecule has 6 heteroatoms. The third kappa shape index (κ3) is 3.12. The Balaban J connectivity index is 2.25. The molecule has 0 saturated heterocycles. The summed E-state index contributed by atoms with van der Waals surface area (Å²) in [6.07, 6.45) is 3.21. The Labute approximate surface area is 122 Å². The molecule has 1 aliphatic rings. The molecule has 0 aliphatic heterocycles. The molecular formula is C13H19BrN2O2S. The number of anilines is 1. The summed E-state index contributed by atoms with van der Waals surface area (Å²) >= 11 is 3.28. The lowest BCUT2D eigenvalue weighted by molar-refractivity contribution is 0.475. The third-order valence-electron chi connectivity index (χ3n) is 4.00. The van der Waals surface area contributed by atoms with Crippen LogP contribution in [0.5, 0.6) is 0 Å². The minimum atomic E-state index is -3.50. The van der Waals surface area contributed by atoms with Gasteiger partial charge in [0.15, 0.2) is 0 Å². The Morgan fingerprint density at radius 3 is 2.58 bits per heavy atom. The maximum Gasteiger partial charge on any atom is 0.240 e. The average molecular weight is 347 g/mol. The summed E-state index contributed by atoms with van der Waals surface area (Å²) < 4.78 is 28.1. The van der Waals surface area contributed by atoms with Gasteiger partial charge in [-0.3, -0.25) is 0 Å². The van der Waals surface area contributed by atoms with Gasteiger partial charge in [-0.1, -0.05) is 22.9 Å². The first-order valence-corrected chi connectivity index (χ1v) is 8.62. The molecule has 0 aromatic heterocycles. The van der Waals surface area contributed by atoms with Crippen LogP contribution in [0.15, 0.2) is 21.5 Å². The van der Waals surface area contributed by atoms with Crippen molar-refractivity contribution < 1.29 is 8.42 Å². The van der Waals surface area contributed by atoms with E-state index in [4.69, 9.17) is 5.73 Å². The second-order valence-electron chi connectivity index (χ2n) is 5.30. The van der Waals surface area contributed by atoms with Gasteiger partial charge in [0.05, 0.1) is 4.90 Å². The Morgan fingerprint density at radius 1 is 1.42 bits per heavy atom. The quantitative estimate of drug-likeness (QED) is 0.805. The van der Waals surface area contributed by atoms with Crippen LogP contribution in [-0.2, 0) is 10.0 Å². The largest absolute Gasteiger partial charge is 0.398 e. The van der Waals surface area contributed by atoms with E-state index in [2.05, 4.69) is 27.6 Å². The number of rotatable bonds is 5. The summed E-state index contributed by atoms with van der Waals surface area (Å²) in [7, 11) is -3.50. The first kappa shape index (κ1) is 14.8. The van der Waals surface area contributed by atoms with Crippen LogP contribution < -0.4 is 10.5 Å². The molecule has 0 heterocycles. The Kier molecular flexibility index (Phi) is 3.95. The summed E-state index contributed by atoms with van der Waals surface area (Å²) in [5.74, 6) is 0. The molecule has 0 amide bonds. The van der Waals surface area contributed by atoms with E-state index < -0.39 is 10.0 Å². The number of halogens is 1. The van der Waals surface area contributed by atoms with Crippen molar-refractivity contribution in [3.8, 4) is 0 Å². The number of nitrogens with two attached hydrogens (primary N) is 1. The van der Waals surface area contributed by atoms with E-state index in [-0.39, 0.29) is 10.3 Å². The Bertz CT molecular complexity index is 595. The van der Waals surface area contributed by atoms with E-state index in [1.165, 1.54) is 0 Å². The molecule has 0 atom stereocenters. The van der Waals surface area contributed by atoms with Gasteiger partial charge in [-0.25, -0.2) is 13.1 Å². The number of benzene rings is 1. The molecule has 106 valence electrons. The van der Waals surface area contributed by atoms with Gasteiger partial charge in [-0.05, 0) is 49.3 Å². The highest BCUT2D eigenvalue weighted by Crippen LogP contribution is 2.48. The Hall–Kier alpha value is -0.590. The third-order valence-corrected chi connectivity index (χ3v) is 5.98. The molecule has 1 aromatic carbocycles. The summed E-state index contributed by atoms with van der Waals surface area (Å²) in [6, 6.07) is 3.31. The molecule has 2 rings (SSSR count). The molecule has 4 nitrogen and oxygen atoms in total. The van der Waals surface area contributed by atoms with Gasteiger partial charge in [0, 0.05) is 16.7 Å². The van der Waals surface area contributed by atoms with Crippen LogP contribution in [0.3, 0.4) is 0 Å². The highest BCUT2D eigenvalue weighted by Gasteiger charge is 2.41. The van der Waals surface area contributed by atoms with Gasteiger partial charge in [0.1, 0.15) is 0 Å². The van der Waals surface area contributed by atoms with Crippen molar-refractivity contribution in [1.29, 1.82) is 0 Å². The first-order chi connectivity index (χ1) is 8.80. The number of hydrogen-bond donors (Lipinski definition) is 2. The molecule has 0 spiro atoms. The number of nitrogen functional groups attached to an aromatic ring is 1. The van der Waals surface area contributed by atoms with Crippen molar-refractivity contribution in [2.75, 3.05) is 12.3 Å². The molecular weight excluding hydrogens is 328 g/mol. The van der Waals surface area contributed by atoms with Crippen LogP contribution in [0.1, 0.15) is 31.7 Å². The van der Waals surface area contributed by atoms with E-state index in [0.717, 1.165) is 19.3 Å². The second-order valence-corrected chi connectivity index (χ2v) is 7.95. The zero-order valence-corrected chi connectivity index (χ0v) is 13.6. The van der Waals surface area contributed by atoms with Crippen LogP contribution in [0, 0.1) is 12.3 Å². The lowest BCUT2D eigenvalue weighted by Gasteiger charge is -2.15. The maximum atomic E-state index is 12.4. The highest BCUT2D eigenvalue weighted by molar-refractivity contribution is 9.10. The van der Waals surface area contributed by atoms with E-state index in [1.54, 1.807) is 19.1 Å². The zero-order chi connectivity index (χ0) is 14.3. The van der Waals surface area contributed by atoms with Crippen LogP contribution in [0.2, 0.25) is 0 Å². The normalized spacial score (nSPS) is 17.4. The van der Waals surface area contributed by atoms with Gasteiger partial charge >= 0.3 is 0 Å². The van der Waals surface area contributed by atoms with Crippen LogP contribution in [0.25, 0.3) is 0 Å². The molecule has 1 saturated carbocycles. The van der Waals surface area contributed by atoms with Crippen molar-refractivity contribution in [3.05, 3.63) is 22.2 Å². The molecule has 3 N–H and O–H groups in total. The van der Waals surface area contributed by atoms with Crippen LogP contribution in [0.4, 0.5) is 5.69 Å². The minimum Gasteiger partial charge on any atom is -0.398 e. The molecule has 1 aromatic rings. The van der Waals surface area contributed by atoms with Crippen LogP contribution in [-0.4, -0.2) is 15.0 Å². The van der Waals surface area contributed by atoms with Gasteiger partial charge in [-0.15, -0.1) is 0 Å². The molecule has 0 unspecified atom stereocenters. The first-order valence-electron chi connectivity index (χ1n) is 6.35. The number of sulfonamides is 1. The van der Waals surface area contributed by atoms with Crippen molar-refractivity contribution in [2.45, 2.75) is 38.0 Å². The summed E-state index contributed by atoms with van der Waals surface area (Å²) in [4.78, 5) is 0.256.